The molecule has 2 aromatic rings. The maximum absolute atomic E-state index is 11.8. The van der Waals surface area contributed by atoms with Gasteiger partial charge in [0.1, 0.15) is 10.4 Å². The molecule has 0 bridgehead atoms. The van der Waals surface area contributed by atoms with E-state index in [9.17, 15) is 9.90 Å². The molecule has 0 aliphatic carbocycles. The Bertz CT molecular complexity index is 560. The lowest BCUT2D eigenvalue weighted by atomic mass is 10.2. The van der Waals surface area contributed by atoms with Crippen molar-refractivity contribution < 1.29 is 9.90 Å². The van der Waals surface area contributed by atoms with Crippen LogP contribution in [0.2, 0.25) is 0 Å². The van der Waals surface area contributed by atoms with E-state index in [2.05, 4.69) is 31.2 Å². The summed E-state index contributed by atoms with van der Waals surface area (Å²) in [5, 5.41) is 11.9. The number of aromatic hydroxyl groups is 1. The second-order valence-electron chi connectivity index (χ2n) is 3.23. The van der Waals surface area contributed by atoms with Crippen molar-refractivity contribution in [3.05, 3.63) is 47.0 Å². The van der Waals surface area contributed by atoms with E-state index in [-0.39, 0.29) is 17.2 Å². The van der Waals surface area contributed by atoms with Crippen LogP contribution in [0.25, 0.3) is 0 Å². The first-order valence-electron chi connectivity index (χ1n) is 4.72. The highest BCUT2D eigenvalue weighted by Gasteiger charge is 2.09. The van der Waals surface area contributed by atoms with Gasteiger partial charge in [-0.1, -0.05) is 0 Å². The first-order valence-corrected chi connectivity index (χ1v) is 5.52. The summed E-state index contributed by atoms with van der Waals surface area (Å²) in [7, 11) is 0. The predicted octanol–water partition coefficient (Wildman–Crippen LogP) is 2.20. The Morgan fingerprint density at radius 3 is 2.94 bits per heavy atom. The Labute approximate surface area is 106 Å². The smallest absolute Gasteiger partial charge is 0.257 e. The average molecular weight is 294 g/mol. The molecule has 2 aromatic heterocycles. The molecular formula is C11H8BrN3O2. The van der Waals surface area contributed by atoms with E-state index in [1.807, 2.05) is 0 Å². The fourth-order valence-corrected chi connectivity index (χ4v) is 1.58. The molecule has 2 heterocycles. The van der Waals surface area contributed by atoms with Gasteiger partial charge in [0, 0.05) is 12.4 Å². The number of rotatable bonds is 2. The van der Waals surface area contributed by atoms with Gasteiger partial charge in [-0.3, -0.25) is 9.78 Å². The summed E-state index contributed by atoms with van der Waals surface area (Å²) in [5.41, 5.74) is 0.835. The number of halogens is 1. The lowest BCUT2D eigenvalue weighted by molar-refractivity contribution is 0.102. The molecule has 6 heteroatoms. The monoisotopic (exact) mass is 293 g/mol. The fraction of sp³-hybridized carbons (Fsp3) is 0. The van der Waals surface area contributed by atoms with Gasteiger partial charge in [0.15, 0.2) is 0 Å². The number of carbonyl (C=O) groups excluding carboxylic acids is 1. The van der Waals surface area contributed by atoms with Crippen molar-refractivity contribution in [3.63, 3.8) is 0 Å². The zero-order chi connectivity index (χ0) is 12.3. The minimum Gasteiger partial charge on any atom is -0.506 e. The minimum absolute atomic E-state index is 0.0529. The molecule has 2 N–H and O–H groups in total. The van der Waals surface area contributed by atoms with Gasteiger partial charge in [0.05, 0.1) is 17.4 Å². The Kier molecular flexibility index (Phi) is 3.34. The number of hydrogen-bond donors (Lipinski definition) is 2. The van der Waals surface area contributed by atoms with E-state index >= 15 is 0 Å². The van der Waals surface area contributed by atoms with Crippen molar-refractivity contribution in [1.29, 1.82) is 0 Å². The van der Waals surface area contributed by atoms with Crippen LogP contribution in [0.3, 0.4) is 0 Å². The number of anilines is 1. The molecule has 0 spiro atoms. The van der Waals surface area contributed by atoms with E-state index in [0.29, 0.717) is 10.3 Å². The molecule has 0 atom stereocenters. The molecule has 0 saturated heterocycles. The maximum Gasteiger partial charge on any atom is 0.257 e. The van der Waals surface area contributed by atoms with E-state index in [1.165, 1.54) is 18.5 Å². The summed E-state index contributed by atoms with van der Waals surface area (Å²) in [5.74, 6) is -0.412. The Hall–Kier alpha value is -1.95. The maximum atomic E-state index is 11.8. The average Bonchev–Trinajstić information content (AvgIpc) is 2.32. The van der Waals surface area contributed by atoms with Crippen molar-refractivity contribution in [2.24, 2.45) is 0 Å². The number of nitrogens with zero attached hydrogens (tertiary/aromatic N) is 2. The van der Waals surface area contributed by atoms with Crippen LogP contribution < -0.4 is 5.32 Å². The molecule has 0 aliphatic heterocycles. The molecule has 0 unspecified atom stereocenters. The van der Waals surface area contributed by atoms with Crippen molar-refractivity contribution in [2.75, 3.05) is 5.32 Å². The van der Waals surface area contributed by atoms with Crippen LogP contribution in [-0.2, 0) is 0 Å². The Morgan fingerprint density at radius 1 is 1.41 bits per heavy atom. The molecule has 0 radical (unpaired) electrons. The highest BCUT2D eigenvalue weighted by atomic mass is 79.9. The van der Waals surface area contributed by atoms with Gasteiger partial charge >= 0.3 is 0 Å². The van der Waals surface area contributed by atoms with E-state index < -0.39 is 0 Å². The van der Waals surface area contributed by atoms with Gasteiger partial charge in [0.2, 0.25) is 0 Å². The normalized spacial score (nSPS) is 9.94. The molecule has 5 nitrogen and oxygen atoms in total. The largest absolute Gasteiger partial charge is 0.506 e. The Balaban J connectivity index is 2.20. The van der Waals surface area contributed by atoms with Gasteiger partial charge in [0.25, 0.3) is 5.91 Å². The summed E-state index contributed by atoms with van der Waals surface area (Å²) >= 11 is 3.22. The number of pyridine rings is 2. The van der Waals surface area contributed by atoms with Crippen LogP contribution in [0.4, 0.5) is 5.69 Å². The third-order valence-corrected chi connectivity index (χ3v) is 2.63. The molecule has 1 amide bonds. The molecule has 0 aliphatic rings. The third kappa shape index (κ3) is 2.79. The van der Waals surface area contributed by atoms with Crippen LogP contribution in [0.5, 0.6) is 5.75 Å². The van der Waals surface area contributed by atoms with Gasteiger partial charge in [-0.15, -0.1) is 0 Å². The SMILES string of the molecule is O=C(Nc1cccnc1Br)c1cncc(O)c1. The summed E-state index contributed by atoms with van der Waals surface area (Å²) in [6.45, 7) is 0. The van der Waals surface area contributed by atoms with Crippen LogP contribution in [0.1, 0.15) is 10.4 Å². The topological polar surface area (TPSA) is 75.1 Å². The van der Waals surface area contributed by atoms with Crippen molar-refractivity contribution in [3.8, 4) is 5.75 Å². The quantitative estimate of drug-likeness (QED) is 0.833. The predicted molar refractivity (Wildman–Crippen MR) is 65.8 cm³/mol. The third-order valence-electron chi connectivity index (χ3n) is 1.99. The lowest BCUT2D eigenvalue weighted by Crippen LogP contribution is -2.12. The summed E-state index contributed by atoms with van der Waals surface area (Å²) in [6.07, 6.45) is 4.24. The molecule has 0 saturated carbocycles. The van der Waals surface area contributed by atoms with Crippen molar-refractivity contribution in [1.82, 2.24) is 9.97 Å². The molecule has 17 heavy (non-hydrogen) atoms. The molecular weight excluding hydrogens is 286 g/mol. The van der Waals surface area contributed by atoms with Crippen LogP contribution in [-0.4, -0.2) is 21.0 Å². The van der Waals surface area contributed by atoms with Gasteiger partial charge in [-0.25, -0.2) is 4.98 Å². The highest BCUT2D eigenvalue weighted by molar-refractivity contribution is 9.10. The second kappa shape index (κ2) is 4.92. The first kappa shape index (κ1) is 11.5. The highest BCUT2D eigenvalue weighted by Crippen LogP contribution is 2.19. The molecule has 0 fully saturated rings. The standard InChI is InChI=1S/C11H8BrN3O2/c12-10-9(2-1-3-14-10)15-11(17)7-4-8(16)6-13-5-7/h1-6,16H,(H,15,17). The van der Waals surface area contributed by atoms with E-state index in [4.69, 9.17) is 0 Å². The van der Waals surface area contributed by atoms with Gasteiger partial charge in [-0.05, 0) is 34.1 Å². The first-order chi connectivity index (χ1) is 8.16. The fourth-order valence-electron chi connectivity index (χ4n) is 1.23. The number of nitrogens with one attached hydrogen (secondary N) is 1. The summed E-state index contributed by atoms with van der Waals surface area (Å²) in [4.78, 5) is 19.5. The van der Waals surface area contributed by atoms with E-state index in [1.54, 1.807) is 18.3 Å². The number of aromatic nitrogens is 2. The van der Waals surface area contributed by atoms with E-state index in [0.717, 1.165) is 0 Å². The number of hydrogen-bond acceptors (Lipinski definition) is 4. The Morgan fingerprint density at radius 2 is 2.24 bits per heavy atom. The zero-order valence-corrected chi connectivity index (χ0v) is 10.2. The minimum atomic E-state index is -0.359. The molecule has 2 rings (SSSR count). The van der Waals surface area contributed by atoms with Crippen LogP contribution in [0.15, 0.2) is 41.4 Å². The van der Waals surface area contributed by atoms with Crippen LogP contribution >= 0.6 is 15.9 Å². The second-order valence-corrected chi connectivity index (χ2v) is 3.98. The number of amides is 1. The summed E-state index contributed by atoms with van der Waals surface area (Å²) in [6, 6.07) is 4.76. The van der Waals surface area contributed by atoms with Crippen molar-refractivity contribution >= 4 is 27.5 Å². The number of carbonyl (C=O) groups is 1. The van der Waals surface area contributed by atoms with Gasteiger partial charge in [-0.2, -0.15) is 0 Å². The lowest BCUT2D eigenvalue weighted by Gasteiger charge is -2.06. The van der Waals surface area contributed by atoms with Gasteiger partial charge < -0.3 is 10.4 Å². The zero-order valence-electron chi connectivity index (χ0n) is 8.59. The van der Waals surface area contributed by atoms with Crippen LogP contribution in [0, 0.1) is 0 Å². The molecule has 0 aromatic carbocycles. The molecule has 86 valence electrons. The summed E-state index contributed by atoms with van der Waals surface area (Å²) < 4.78 is 0.543. The van der Waals surface area contributed by atoms with Crippen molar-refractivity contribution in [2.45, 2.75) is 0 Å².